The Kier molecular flexibility index (Phi) is 7.89. The average Bonchev–Trinajstić information content (AvgIpc) is 3.55. The summed E-state index contributed by atoms with van der Waals surface area (Å²) in [5, 5.41) is 15.4. The van der Waals surface area contributed by atoms with E-state index in [4.69, 9.17) is 10.00 Å². The standard InChI is InChI=1S/C23H20F2N5O5PS/c1-15(22-29-21(10-37-22)17-4-2-16(9-26)3-5-17)23(11-30-13-27-12-28-30,34-14-35-36(31,32)33)19-7-6-18(24)8-20(19)25/h2-8,10,12-13,15H,11,14H2,1H3,(H2,31,32,33)/t15-,23-/m0/s1. The maximum absolute atomic E-state index is 15.2. The molecule has 0 aliphatic carbocycles. The third kappa shape index (κ3) is 6.14. The highest BCUT2D eigenvalue weighted by molar-refractivity contribution is 7.46. The molecule has 2 N–H and O–H groups in total. The summed E-state index contributed by atoms with van der Waals surface area (Å²) in [5.41, 5.74) is 0.0257. The lowest BCUT2D eigenvalue weighted by atomic mass is 9.81. The maximum atomic E-state index is 15.2. The van der Waals surface area contributed by atoms with Gasteiger partial charge < -0.3 is 14.5 Å². The van der Waals surface area contributed by atoms with Crippen molar-refractivity contribution in [2.24, 2.45) is 0 Å². The Balaban J connectivity index is 1.80. The van der Waals surface area contributed by atoms with E-state index in [1.807, 2.05) is 0 Å². The van der Waals surface area contributed by atoms with Crippen LogP contribution in [0, 0.1) is 23.0 Å². The Morgan fingerprint density at radius 3 is 2.62 bits per heavy atom. The van der Waals surface area contributed by atoms with Crippen LogP contribution in [0.4, 0.5) is 8.78 Å². The highest BCUT2D eigenvalue weighted by Gasteiger charge is 2.45. The lowest BCUT2D eigenvalue weighted by molar-refractivity contribution is -0.140. The fourth-order valence-corrected chi connectivity index (χ4v) is 4.98. The van der Waals surface area contributed by atoms with E-state index in [2.05, 4.69) is 25.7 Å². The van der Waals surface area contributed by atoms with Crippen molar-refractivity contribution >= 4 is 19.2 Å². The number of benzene rings is 2. The van der Waals surface area contributed by atoms with E-state index >= 15 is 4.39 Å². The van der Waals surface area contributed by atoms with E-state index < -0.39 is 37.8 Å². The molecule has 2 aromatic carbocycles. The Bertz CT molecular complexity index is 1460. The Morgan fingerprint density at radius 2 is 2.00 bits per heavy atom. The first kappa shape index (κ1) is 26.7. The maximum Gasteiger partial charge on any atom is 0.471 e. The molecule has 2 heterocycles. The highest BCUT2D eigenvalue weighted by Crippen LogP contribution is 2.45. The monoisotopic (exact) mass is 547 g/mol. The number of thiazole rings is 1. The quantitative estimate of drug-likeness (QED) is 0.219. The number of halogens is 2. The third-order valence-corrected chi connectivity index (χ3v) is 7.16. The molecule has 0 amide bonds. The predicted molar refractivity (Wildman–Crippen MR) is 128 cm³/mol. The minimum absolute atomic E-state index is 0.0960. The number of phosphoric acid groups is 1. The molecule has 2 atom stereocenters. The summed E-state index contributed by atoms with van der Waals surface area (Å²) < 4.78 is 52.2. The van der Waals surface area contributed by atoms with Gasteiger partial charge in [0.15, 0.2) is 6.79 Å². The molecule has 0 aliphatic rings. The molecule has 2 aromatic heterocycles. The largest absolute Gasteiger partial charge is 0.471 e. The summed E-state index contributed by atoms with van der Waals surface area (Å²) in [7, 11) is -4.93. The molecule has 0 bridgehead atoms. The van der Waals surface area contributed by atoms with Crippen LogP contribution in [0.5, 0.6) is 0 Å². The van der Waals surface area contributed by atoms with Gasteiger partial charge in [-0.1, -0.05) is 25.1 Å². The highest BCUT2D eigenvalue weighted by atomic mass is 32.1. The molecular formula is C23H20F2N5O5PS. The van der Waals surface area contributed by atoms with Gasteiger partial charge in [0.05, 0.1) is 28.9 Å². The molecule has 0 spiro atoms. The van der Waals surface area contributed by atoms with E-state index in [-0.39, 0.29) is 12.1 Å². The Hall–Kier alpha value is -3.37. The lowest BCUT2D eigenvalue weighted by Crippen LogP contribution is -2.41. The van der Waals surface area contributed by atoms with Crippen LogP contribution < -0.4 is 0 Å². The van der Waals surface area contributed by atoms with Gasteiger partial charge in [-0.15, -0.1) is 11.3 Å². The van der Waals surface area contributed by atoms with Crippen molar-refractivity contribution in [2.75, 3.05) is 6.79 Å². The zero-order valence-corrected chi connectivity index (χ0v) is 20.9. The molecular weight excluding hydrogens is 527 g/mol. The molecule has 4 rings (SSSR count). The van der Waals surface area contributed by atoms with Crippen molar-refractivity contribution in [1.29, 1.82) is 5.26 Å². The van der Waals surface area contributed by atoms with Crippen LogP contribution in [-0.4, -0.2) is 36.3 Å². The van der Waals surface area contributed by atoms with E-state index in [1.54, 1.807) is 36.6 Å². The van der Waals surface area contributed by atoms with Crippen molar-refractivity contribution in [3.63, 3.8) is 0 Å². The molecule has 10 nitrogen and oxygen atoms in total. The van der Waals surface area contributed by atoms with Crippen LogP contribution in [0.25, 0.3) is 11.3 Å². The molecule has 14 heteroatoms. The van der Waals surface area contributed by atoms with Crippen LogP contribution in [0.2, 0.25) is 0 Å². The number of nitriles is 1. The van der Waals surface area contributed by atoms with E-state index in [0.29, 0.717) is 22.3 Å². The Labute approximate surface area is 214 Å². The van der Waals surface area contributed by atoms with Gasteiger partial charge in [-0.25, -0.2) is 28.0 Å². The van der Waals surface area contributed by atoms with Crippen molar-refractivity contribution in [1.82, 2.24) is 19.7 Å². The molecule has 192 valence electrons. The molecule has 0 unspecified atom stereocenters. The minimum Gasteiger partial charge on any atom is -0.341 e. The van der Waals surface area contributed by atoms with Crippen LogP contribution in [0.3, 0.4) is 0 Å². The fraction of sp³-hybridized carbons (Fsp3) is 0.217. The van der Waals surface area contributed by atoms with Gasteiger partial charge in [-0.2, -0.15) is 10.4 Å². The third-order valence-electron chi connectivity index (χ3n) is 5.69. The van der Waals surface area contributed by atoms with Gasteiger partial charge in [-0.3, -0.25) is 4.52 Å². The molecule has 0 saturated heterocycles. The van der Waals surface area contributed by atoms with Crippen LogP contribution in [-0.2, 0) is 26.0 Å². The van der Waals surface area contributed by atoms with Gasteiger partial charge in [0.1, 0.15) is 29.9 Å². The first-order valence-corrected chi connectivity index (χ1v) is 13.1. The number of hydrogen-bond donors (Lipinski definition) is 2. The van der Waals surface area contributed by atoms with E-state index in [1.165, 1.54) is 34.7 Å². The SMILES string of the molecule is C[C@@H](c1nc(-c2ccc(C#N)cc2)cs1)[C@](Cn1cncn1)(OCOP(=O)(O)O)c1ccc(F)cc1F. The number of aromatic nitrogens is 4. The summed E-state index contributed by atoms with van der Waals surface area (Å²) in [6.07, 6.45) is 2.62. The number of rotatable bonds is 10. The predicted octanol–water partition coefficient (Wildman–Crippen LogP) is 4.33. The number of phosphoric ester groups is 1. The summed E-state index contributed by atoms with van der Waals surface area (Å²) in [5.74, 6) is -2.51. The molecule has 0 radical (unpaired) electrons. The Morgan fingerprint density at radius 1 is 1.24 bits per heavy atom. The van der Waals surface area contributed by atoms with Crippen molar-refractivity contribution in [3.8, 4) is 17.3 Å². The van der Waals surface area contributed by atoms with E-state index in [0.717, 1.165) is 11.6 Å². The van der Waals surface area contributed by atoms with Crippen LogP contribution in [0.15, 0.2) is 60.5 Å². The minimum atomic E-state index is -4.93. The normalized spacial score (nSPS) is 14.2. The second-order valence-electron chi connectivity index (χ2n) is 7.97. The number of ether oxygens (including phenoxy) is 1. The van der Waals surface area contributed by atoms with Crippen molar-refractivity contribution in [2.45, 2.75) is 25.0 Å². The first-order valence-electron chi connectivity index (χ1n) is 10.7. The summed E-state index contributed by atoms with van der Waals surface area (Å²) in [6.45, 7) is 0.611. The molecule has 0 fully saturated rings. The fourth-order valence-electron chi connectivity index (χ4n) is 3.83. The van der Waals surface area contributed by atoms with Gasteiger partial charge >= 0.3 is 7.82 Å². The van der Waals surface area contributed by atoms with Gasteiger partial charge in [0.25, 0.3) is 0 Å². The first-order chi connectivity index (χ1) is 17.6. The smallest absolute Gasteiger partial charge is 0.341 e. The second kappa shape index (κ2) is 10.9. The molecule has 37 heavy (non-hydrogen) atoms. The number of nitrogens with zero attached hydrogens (tertiary/aromatic N) is 5. The summed E-state index contributed by atoms with van der Waals surface area (Å²) in [4.78, 5) is 26.9. The zero-order chi connectivity index (χ0) is 26.6. The van der Waals surface area contributed by atoms with Gasteiger partial charge in [0.2, 0.25) is 0 Å². The number of hydrogen-bond acceptors (Lipinski definition) is 8. The molecule has 0 aliphatic heterocycles. The van der Waals surface area contributed by atoms with Crippen molar-refractivity contribution in [3.05, 3.63) is 88.3 Å². The van der Waals surface area contributed by atoms with E-state index in [9.17, 15) is 18.7 Å². The van der Waals surface area contributed by atoms with Gasteiger partial charge in [-0.05, 0) is 18.2 Å². The average molecular weight is 547 g/mol. The summed E-state index contributed by atoms with van der Waals surface area (Å²) >= 11 is 1.25. The van der Waals surface area contributed by atoms with Crippen LogP contribution >= 0.6 is 19.2 Å². The molecule has 4 aromatic rings. The topological polar surface area (TPSA) is 143 Å². The summed E-state index contributed by atoms with van der Waals surface area (Å²) in [6, 6.07) is 11.8. The zero-order valence-electron chi connectivity index (χ0n) is 19.2. The van der Waals surface area contributed by atoms with Gasteiger partial charge in [0, 0.05) is 28.5 Å². The second-order valence-corrected chi connectivity index (χ2v) is 10.1. The molecule has 0 saturated carbocycles. The van der Waals surface area contributed by atoms with Crippen molar-refractivity contribution < 1.29 is 32.4 Å². The van der Waals surface area contributed by atoms with Crippen LogP contribution in [0.1, 0.15) is 29.0 Å². The lowest BCUT2D eigenvalue weighted by Gasteiger charge is -2.38.